The molecule has 1 N–H and O–H groups in total. The van der Waals surface area contributed by atoms with Gasteiger partial charge in [0.05, 0.1) is 29.0 Å². The third kappa shape index (κ3) is 3.49. The highest BCUT2D eigenvalue weighted by molar-refractivity contribution is 5.99. The Kier molecular flexibility index (Phi) is 5.07. The van der Waals surface area contributed by atoms with E-state index in [1.165, 1.54) is 4.90 Å². The van der Waals surface area contributed by atoms with Crippen molar-refractivity contribution in [3.05, 3.63) is 59.0 Å². The Morgan fingerprint density at radius 2 is 1.72 bits per heavy atom. The molecule has 150 valence electrons. The van der Waals surface area contributed by atoms with E-state index in [1.54, 1.807) is 33.4 Å². The van der Waals surface area contributed by atoms with Gasteiger partial charge in [-0.3, -0.25) is 18.8 Å². The fourth-order valence-electron chi connectivity index (χ4n) is 3.65. The molecule has 1 aliphatic heterocycles. The van der Waals surface area contributed by atoms with Crippen LogP contribution >= 0.6 is 0 Å². The average Bonchev–Trinajstić information content (AvgIpc) is 3.27. The SMILES string of the molecule is CCn1c(=O)n(CCC(=O)Nc2ccccc2N2CCOC2=O)c2ccccc21. The zero-order valence-corrected chi connectivity index (χ0v) is 16.1. The molecule has 0 atom stereocenters. The molecule has 0 bridgehead atoms. The third-order valence-corrected chi connectivity index (χ3v) is 5.03. The van der Waals surface area contributed by atoms with Gasteiger partial charge in [0.25, 0.3) is 0 Å². The number of carbonyl (C=O) groups excluding carboxylic acids is 2. The molecule has 2 aromatic carbocycles. The quantitative estimate of drug-likeness (QED) is 0.697. The van der Waals surface area contributed by atoms with Crippen LogP contribution in [0.4, 0.5) is 16.2 Å². The number of fused-ring (bicyclic) bond motifs is 1. The van der Waals surface area contributed by atoms with Gasteiger partial charge in [0.15, 0.2) is 0 Å². The number of amides is 2. The van der Waals surface area contributed by atoms with Crippen LogP contribution in [-0.2, 0) is 22.6 Å². The highest BCUT2D eigenvalue weighted by Gasteiger charge is 2.26. The van der Waals surface area contributed by atoms with E-state index >= 15 is 0 Å². The lowest BCUT2D eigenvalue weighted by molar-refractivity contribution is -0.116. The number of anilines is 2. The summed E-state index contributed by atoms with van der Waals surface area (Å²) in [5.41, 5.74) is 2.69. The van der Waals surface area contributed by atoms with Crippen molar-refractivity contribution in [1.82, 2.24) is 9.13 Å². The summed E-state index contributed by atoms with van der Waals surface area (Å²) in [6, 6.07) is 14.7. The summed E-state index contributed by atoms with van der Waals surface area (Å²) >= 11 is 0. The van der Waals surface area contributed by atoms with E-state index < -0.39 is 6.09 Å². The summed E-state index contributed by atoms with van der Waals surface area (Å²) < 4.78 is 8.31. The number of carbonyl (C=O) groups is 2. The topological polar surface area (TPSA) is 85.6 Å². The lowest BCUT2D eigenvalue weighted by Crippen LogP contribution is -2.27. The smallest absolute Gasteiger partial charge is 0.414 e. The monoisotopic (exact) mass is 394 g/mol. The van der Waals surface area contributed by atoms with Crippen LogP contribution in [0.2, 0.25) is 0 Å². The third-order valence-electron chi connectivity index (χ3n) is 5.03. The van der Waals surface area contributed by atoms with E-state index in [4.69, 9.17) is 4.74 Å². The number of benzene rings is 2. The second-order valence-electron chi connectivity index (χ2n) is 6.75. The van der Waals surface area contributed by atoms with Crippen LogP contribution in [0, 0.1) is 0 Å². The molecule has 2 heterocycles. The zero-order valence-electron chi connectivity index (χ0n) is 16.1. The van der Waals surface area contributed by atoms with Gasteiger partial charge < -0.3 is 10.1 Å². The first-order valence-electron chi connectivity index (χ1n) is 9.61. The first-order chi connectivity index (χ1) is 14.1. The van der Waals surface area contributed by atoms with Gasteiger partial charge in [0.2, 0.25) is 5.91 Å². The molecule has 2 amide bonds. The van der Waals surface area contributed by atoms with Gasteiger partial charge in [-0.1, -0.05) is 24.3 Å². The summed E-state index contributed by atoms with van der Waals surface area (Å²) in [4.78, 5) is 38.6. The number of aromatic nitrogens is 2. The van der Waals surface area contributed by atoms with E-state index in [-0.39, 0.29) is 24.6 Å². The molecule has 1 saturated heterocycles. The number of hydrogen-bond acceptors (Lipinski definition) is 4. The second-order valence-corrected chi connectivity index (χ2v) is 6.75. The Balaban J connectivity index is 1.51. The van der Waals surface area contributed by atoms with E-state index in [2.05, 4.69) is 5.32 Å². The average molecular weight is 394 g/mol. The van der Waals surface area contributed by atoms with Crippen molar-refractivity contribution < 1.29 is 14.3 Å². The molecule has 1 fully saturated rings. The van der Waals surface area contributed by atoms with Crippen molar-refractivity contribution in [3.63, 3.8) is 0 Å². The van der Waals surface area contributed by atoms with Crippen molar-refractivity contribution in [2.24, 2.45) is 0 Å². The van der Waals surface area contributed by atoms with Gasteiger partial charge in [0, 0.05) is 19.5 Å². The second kappa shape index (κ2) is 7.83. The summed E-state index contributed by atoms with van der Waals surface area (Å²) in [6.07, 6.45) is -0.290. The van der Waals surface area contributed by atoms with Crippen LogP contribution in [0.1, 0.15) is 13.3 Å². The summed E-state index contributed by atoms with van der Waals surface area (Å²) in [5, 5.41) is 2.86. The molecule has 29 heavy (non-hydrogen) atoms. The molecule has 1 aromatic heterocycles. The number of hydrogen-bond donors (Lipinski definition) is 1. The highest BCUT2D eigenvalue weighted by atomic mass is 16.6. The molecular weight excluding hydrogens is 372 g/mol. The van der Waals surface area contributed by atoms with E-state index in [0.29, 0.717) is 31.1 Å². The number of ether oxygens (including phenoxy) is 1. The molecular formula is C21H22N4O4. The standard InChI is InChI=1S/C21H22N4O4/c1-2-23-17-9-5-6-10-18(17)24(20(23)27)12-11-19(26)22-15-7-3-4-8-16(15)25-13-14-29-21(25)28/h3-10H,2,11-14H2,1H3,(H,22,26). The predicted octanol–water partition coefficient (Wildman–Crippen LogP) is 2.81. The van der Waals surface area contributed by atoms with E-state index in [1.807, 2.05) is 31.2 Å². The fourth-order valence-corrected chi connectivity index (χ4v) is 3.65. The highest BCUT2D eigenvalue weighted by Crippen LogP contribution is 2.28. The largest absolute Gasteiger partial charge is 0.447 e. The Hall–Kier alpha value is -3.55. The van der Waals surface area contributed by atoms with Crippen LogP contribution in [0.15, 0.2) is 53.3 Å². The van der Waals surface area contributed by atoms with Crippen LogP contribution < -0.4 is 15.9 Å². The molecule has 3 aromatic rings. The van der Waals surface area contributed by atoms with E-state index in [9.17, 15) is 14.4 Å². The van der Waals surface area contributed by atoms with Gasteiger partial charge in [0.1, 0.15) is 6.61 Å². The Morgan fingerprint density at radius 1 is 1.03 bits per heavy atom. The van der Waals surface area contributed by atoms with Gasteiger partial charge >= 0.3 is 11.8 Å². The fraction of sp³-hybridized carbons (Fsp3) is 0.286. The number of nitrogens with zero attached hydrogens (tertiary/aromatic N) is 3. The van der Waals surface area contributed by atoms with Gasteiger partial charge in [-0.2, -0.15) is 0 Å². The zero-order chi connectivity index (χ0) is 20.4. The Morgan fingerprint density at radius 3 is 2.41 bits per heavy atom. The summed E-state index contributed by atoms with van der Waals surface area (Å²) in [7, 11) is 0. The van der Waals surface area contributed by atoms with Crippen molar-refractivity contribution in [1.29, 1.82) is 0 Å². The van der Waals surface area contributed by atoms with Crippen molar-refractivity contribution >= 4 is 34.4 Å². The molecule has 0 radical (unpaired) electrons. The molecule has 8 heteroatoms. The minimum atomic E-state index is -0.425. The first kappa shape index (κ1) is 18.8. The minimum absolute atomic E-state index is 0.123. The minimum Gasteiger partial charge on any atom is -0.447 e. The number of para-hydroxylation sites is 4. The maximum absolute atomic E-state index is 12.7. The molecule has 0 spiro atoms. The van der Waals surface area contributed by atoms with E-state index in [0.717, 1.165) is 11.0 Å². The molecule has 0 unspecified atom stereocenters. The normalized spacial score (nSPS) is 13.7. The van der Waals surface area contributed by atoms with Gasteiger partial charge in [-0.15, -0.1) is 0 Å². The molecule has 4 rings (SSSR count). The lowest BCUT2D eigenvalue weighted by atomic mass is 10.2. The van der Waals surface area contributed by atoms with Gasteiger partial charge in [-0.05, 0) is 31.2 Å². The molecule has 0 aliphatic carbocycles. The number of rotatable bonds is 6. The number of nitrogens with one attached hydrogen (secondary N) is 1. The van der Waals surface area contributed by atoms with Crippen LogP contribution in [-0.4, -0.2) is 34.3 Å². The predicted molar refractivity (Wildman–Crippen MR) is 110 cm³/mol. The number of cyclic esters (lactones) is 1. The van der Waals surface area contributed by atoms with Crippen molar-refractivity contribution in [3.8, 4) is 0 Å². The van der Waals surface area contributed by atoms with Crippen LogP contribution in [0.3, 0.4) is 0 Å². The molecule has 8 nitrogen and oxygen atoms in total. The molecule has 0 saturated carbocycles. The lowest BCUT2D eigenvalue weighted by Gasteiger charge is -2.17. The van der Waals surface area contributed by atoms with Crippen LogP contribution in [0.5, 0.6) is 0 Å². The van der Waals surface area contributed by atoms with Gasteiger partial charge in [-0.25, -0.2) is 9.59 Å². The number of imidazole rings is 1. The summed E-state index contributed by atoms with van der Waals surface area (Å²) in [6.45, 7) is 3.53. The Bertz CT molecular complexity index is 1130. The Labute approximate surface area is 167 Å². The summed E-state index contributed by atoms with van der Waals surface area (Å²) in [5.74, 6) is -0.231. The molecule has 1 aliphatic rings. The van der Waals surface area contributed by atoms with Crippen molar-refractivity contribution in [2.75, 3.05) is 23.4 Å². The number of aryl methyl sites for hydroxylation is 2. The van der Waals surface area contributed by atoms with Crippen molar-refractivity contribution in [2.45, 2.75) is 26.4 Å². The maximum Gasteiger partial charge on any atom is 0.414 e. The first-order valence-corrected chi connectivity index (χ1v) is 9.61. The van der Waals surface area contributed by atoms with Crippen LogP contribution in [0.25, 0.3) is 11.0 Å². The maximum atomic E-state index is 12.7.